The average Bonchev–Trinajstić information content (AvgIpc) is 2.36. The van der Waals surface area contributed by atoms with Crippen LogP contribution >= 0.6 is 11.6 Å². The van der Waals surface area contributed by atoms with Gasteiger partial charge in [0.05, 0.1) is 5.84 Å². The highest BCUT2D eigenvalue weighted by molar-refractivity contribution is 6.30. The van der Waals surface area contributed by atoms with Crippen LogP contribution in [0.25, 0.3) is 0 Å². The molecule has 4 nitrogen and oxygen atoms in total. The molecule has 0 amide bonds. The lowest BCUT2D eigenvalue weighted by atomic mass is 10.2. The summed E-state index contributed by atoms with van der Waals surface area (Å²) in [5, 5.41) is 3.94. The van der Waals surface area contributed by atoms with Crippen molar-refractivity contribution in [3.63, 3.8) is 0 Å². The first kappa shape index (κ1) is 18.7. The zero-order valence-electron chi connectivity index (χ0n) is 11.2. The van der Waals surface area contributed by atoms with E-state index in [0.717, 1.165) is 28.4 Å². The van der Waals surface area contributed by atoms with Crippen LogP contribution in [0.1, 0.15) is 19.4 Å². The van der Waals surface area contributed by atoms with Gasteiger partial charge in [0.2, 0.25) is 0 Å². The molecule has 0 fully saturated rings. The molecule has 0 saturated carbocycles. The first-order chi connectivity index (χ1) is 8.54. The van der Waals surface area contributed by atoms with Crippen molar-refractivity contribution in [3.05, 3.63) is 28.8 Å². The van der Waals surface area contributed by atoms with Gasteiger partial charge in [-0.2, -0.15) is 0 Å². The molecule has 1 aromatic carbocycles. The monoisotopic (exact) mass is 270 g/mol. The molecule has 1 aromatic rings. The van der Waals surface area contributed by atoms with Gasteiger partial charge in [0, 0.05) is 17.8 Å². The van der Waals surface area contributed by atoms with E-state index in [2.05, 4.69) is 10.3 Å². The van der Waals surface area contributed by atoms with E-state index in [0.29, 0.717) is 0 Å². The molecule has 1 rings (SSSR count). The lowest BCUT2D eigenvalue weighted by Gasteiger charge is -2.08. The van der Waals surface area contributed by atoms with Gasteiger partial charge in [-0.05, 0) is 44.5 Å². The second-order valence-electron chi connectivity index (χ2n) is 3.13. The van der Waals surface area contributed by atoms with E-state index in [1.165, 1.54) is 6.92 Å². The SMILES string of the molecule is C=O.CC=O.CN=C(C)Nc1ccc(Cl)cc1C. The number of aldehydes is 1. The van der Waals surface area contributed by atoms with Gasteiger partial charge in [-0.15, -0.1) is 0 Å². The molecular formula is C13H19ClN2O2. The van der Waals surface area contributed by atoms with Crippen LogP contribution in [0, 0.1) is 6.92 Å². The molecule has 0 saturated heterocycles. The van der Waals surface area contributed by atoms with Crippen LogP contribution in [-0.4, -0.2) is 26.0 Å². The normalized spacial score (nSPS) is 9.28. The average molecular weight is 271 g/mol. The Bertz CT molecular complexity index is 393. The van der Waals surface area contributed by atoms with Gasteiger partial charge in [-0.25, -0.2) is 0 Å². The van der Waals surface area contributed by atoms with E-state index < -0.39 is 0 Å². The smallest absolute Gasteiger partial charge is 0.116 e. The Morgan fingerprint density at radius 1 is 1.44 bits per heavy atom. The number of rotatable bonds is 1. The number of aliphatic imine (C=N–C) groups is 1. The molecule has 0 atom stereocenters. The number of anilines is 1. The zero-order chi connectivity index (χ0) is 14.6. The summed E-state index contributed by atoms with van der Waals surface area (Å²) in [6.45, 7) is 7.38. The van der Waals surface area contributed by atoms with E-state index in [-0.39, 0.29) is 0 Å². The van der Waals surface area contributed by atoms with Crippen molar-refractivity contribution >= 4 is 36.2 Å². The Hall–Kier alpha value is -1.68. The van der Waals surface area contributed by atoms with Crippen molar-refractivity contribution in [2.24, 2.45) is 4.99 Å². The highest BCUT2D eigenvalue weighted by Crippen LogP contribution is 2.19. The lowest BCUT2D eigenvalue weighted by Crippen LogP contribution is -2.07. The topological polar surface area (TPSA) is 58.5 Å². The summed E-state index contributed by atoms with van der Waals surface area (Å²) in [4.78, 5) is 20.8. The molecular weight excluding hydrogens is 252 g/mol. The standard InChI is InChI=1S/C10H13ClN2.C2H4O.CH2O/c1-7-6-9(11)4-5-10(7)13-8(2)12-3;1-2-3;1-2/h4-6H,1-3H3,(H,12,13);2H,1H3;1H2. The number of hydrogen-bond acceptors (Lipinski definition) is 3. The molecule has 100 valence electrons. The Kier molecular flexibility index (Phi) is 12.2. The Morgan fingerprint density at radius 2 is 1.94 bits per heavy atom. The van der Waals surface area contributed by atoms with Crippen LogP contribution in [0.4, 0.5) is 5.69 Å². The number of hydrogen-bond donors (Lipinski definition) is 1. The molecule has 0 spiro atoms. The minimum absolute atomic E-state index is 0.750. The molecule has 0 radical (unpaired) electrons. The van der Waals surface area contributed by atoms with Crippen molar-refractivity contribution in [1.29, 1.82) is 0 Å². The number of nitrogens with zero attached hydrogens (tertiary/aromatic N) is 1. The third kappa shape index (κ3) is 8.47. The quantitative estimate of drug-likeness (QED) is 0.485. The molecule has 0 unspecified atom stereocenters. The molecule has 5 heteroatoms. The number of halogens is 1. The minimum Gasteiger partial charge on any atom is -0.344 e. The van der Waals surface area contributed by atoms with Gasteiger partial charge in [-0.1, -0.05) is 11.6 Å². The van der Waals surface area contributed by atoms with Crippen molar-refractivity contribution in [3.8, 4) is 0 Å². The Labute approximate surface area is 113 Å². The number of carbonyl (C=O) groups is 2. The van der Waals surface area contributed by atoms with Gasteiger partial charge in [-0.3, -0.25) is 4.99 Å². The number of nitrogens with one attached hydrogen (secondary N) is 1. The van der Waals surface area contributed by atoms with E-state index >= 15 is 0 Å². The minimum atomic E-state index is 0.750. The number of aryl methyl sites for hydroxylation is 1. The number of carbonyl (C=O) groups excluding carboxylic acids is 2. The van der Waals surface area contributed by atoms with Crippen LogP contribution in [0.2, 0.25) is 5.02 Å². The Morgan fingerprint density at radius 3 is 2.33 bits per heavy atom. The summed E-state index contributed by atoms with van der Waals surface area (Å²) in [6, 6.07) is 5.74. The summed E-state index contributed by atoms with van der Waals surface area (Å²) in [7, 11) is 1.76. The first-order valence-electron chi connectivity index (χ1n) is 5.20. The summed E-state index contributed by atoms with van der Waals surface area (Å²) in [6.07, 6.45) is 0.750. The fourth-order valence-electron chi connectivity index (χ4n) is 1.02. The van der Waals surface area contributed by atoms with Gasteiger partial charge in [0.25, 0.3) is 0 Å². The molecule has 0 aliphatic carbocycles. The zero-order valence-corrected chi connectivity index (χ0v) is 11.9. The first-order valence-corrected chi connectivity index (χ1v) is 5.58. The van der Waals surface area contributed by atoms with Crippen LogP contribution in [-0.2, 0) is 9.59 Å². The van der Waals surface area contributed by atoms with Crippen molar-refractivity contribution in [2.75, 3.05) is 12.4 Å². The van der Waals surface area contributed by atoms with E-state index in [1.54, 1.807) is 7.05 Å². The highest BCUT2D eigenvalue weighted by atomic mass is 35.5. The largest absolute Gasteiger partial charge is 0.344 e. The van der Waals surface area contributed by atoms with E-state index in [4.69, 9.17) is 21.2 Å². The van der Waals surface area contributed by atoms with Crippen molar-refractivity contribution in [1.82, 2.24) is 0 Å². The van der Waals surface area contributed by atoms with Crippen LogP contribution in [0.15, 0.2) is 23.2 Å². The number of benzene rings is 1. The molecule has 0 heterocycles. The third-order valence-corrected chi connectivity index (χ3v) is 2.07. The van der Waals surface area contributed by atoms with E-state index in [9.17, 15) is 0 Å². The summed E-state index contributed by atoms with van der Waals surface area (Å²) in [5.41, 5.74) is 2.17. The van der Waals surface area contributed by atoms with Gasteiger partial charge in [0.15, 0.2) is 0 Å². The molecule has 0 aliphatic heterocycles. The highest BCUT2D eigenvalue weighted by Gasteiger charge is 1.98. The van der Waals surface area contributed by atoms with Crippen molar-refractivity contribution < 1.29 is 9.59 Å². The predicted octanol–water partition coefficient (Wildman–Crippen LogP) is 3.13. The second-order valence-corrected chi connectivity index (χ2v) is 3.57. The van der Waals surface area contributed by atoms with Gasteiger partial charge >= 0.3 is 0 Å². The molecule has 0 aliphatic rings. The maximum Gasteiger partial charge on any atom is 0.116 e. The van der Waals surface area contributed by atoms with Crippen LogP contribution in [0.3, 0.4) is 0 Å². The van der Waals surface area contributed by atoms with Crippen LogP contribution < -0.4 is 5.32 Å². The third-order valence-electron chi connectivity index (χ3n) is 1.84. The Balaban J connectivity index is 0. The maximum absolute atomic E-state index is 8.81. The summed E-state index contributed by atoms with van der Waals surface area (Å²) >= 11 is 5.83. The fraction of sp³-hybridized carbons (Fsp3) is 0.308. The van der Waals surface area contributed by atoms with E-state index in [1.807, 2.05) is 38.8 Å². The second kappa shape index (κ2) is 11.8. The number of amidine groups is 1. The molecule has 18 heavy (non-hydrogen) atoms. The molecule has 1 N–H and O–H groups in total. The lowest BCUT2D eigenvalue weighted by molar-refractivity contribution is -0.106. The van der Waals surface area contributed by atoms with Gasteiger partial charge in [0.1, 0.15) is 13.1 Å². The van der Waals surface area contributed by atoms with Crippen molar-refractivity contribution in [2.45, 2.75) is 20.8 Å². The fourth-order valence-corrected chi connectivity index (χ4v) is 1.24. The van der Waals surface area contributed by atoms with Crippen LogP contribution in [0.5, 0.6) is 0 Å². The maximum atomic E-state index is 8.81. The predicted molar refractivity (Wildman–Crippen MR) is 77.7 cm³/mol. The summed E-state index contributed by atoms with van der Waals surface area (Å²) < 4.78 is 0. The molecule has 0 aromatic heterocycles. The van der Waals surface area contributed by atoms with Gasteiger partial charge < -0.3 is 14.9 Å². The summed E-state index contributed by atoms with van der Waals surface area (Å²) in [5.74, 6) is 0.894. The molecule has 0 bridgehead atoms.